The Kier molecular flexibility index (Phi) is 5.30. The number of carbonyl (C=O) groups is 1. The molecule has 1 saturated heterocycles. The number of benzene rings is 1. The molecule has 0 aliphatic carbocycles. The smallest absolute Gasteiger partial charge is 0.252 e. The predicted octanol–water partition coefficient (Wildman–Crippen LogP) is 2.95. The molecule has 1 amide bonds. The second-order valence-corrected chi connectivity index (χ2v) is 6.34. The SMILES string of the molecule is CC(CNC(=O)c1cc(S)ccc1Br)N1CCCC1. The van der Waals surface area contributed by atoms with E-state index in [1.54, 1.807) is 6.07 Å². The van der Waals surface area contributed by atoms with Crippen LogP contribution >= 0.6 is 28.6 Å². The Labute approximate surface area is 128 Å². The molecule has 104 valence electrons. The van der Waals surface area contributed by atoms with Crippen molar-refractivity contribution in [2.24, 2.45) is 0 Å². The fourth-order valence-corrected chi connectivity index (χ4v) is 2.96. The average Bonchev–Trinajstić information content (AvgIpc) is 2.92. The van der Waals surface area contributed by atoms with Crippen LogP contribution in [-0.2, 0) is 0 Å². The molecule has 0 saturated carbocycles. The average molecular weight is 343 g/mol. The van der Waals surface area contributed by atoms with Crippen LogP contribution in [0.15, 0.2) is 27.6 Å². The van der Waals surface area contributed by atoms with Crippen LogP contribution in [0.3, 0.4) is 0 Å². The van der Waals surface area contributed by atoms with Gasteiger partial charge in [0.15, 0.2) is 0 Å². The number of nitrogens with zero attached hydrogens (tertiary/aromatic N) is 1. The summed E-state index contributed by atoms with van der Waals surface area (Å²) >= 11 is 7.67. The Morgan fingerprint density at radius 1 is 1.47 bits per heavy atom. The molecule has 0 spiro atoms. The number of carbonyl (C=O) groups excluding carboxylic acids is 1. The first-order valence-electron chi connectivity index (χ1n) is 6.58. The first-order valence-corrected chi connectivity index (χ1v) is 7.82. The summed E-state index contributed by atoms with van der Waals surface area (Å²) in [5, 5.41) is 3.00. The number of halogens is 1. The molecule has 1 heterocycles. The molecule has 1 atom stereocenters. The van der Waals surface area contributed by atoms with Gasteiger partial charge in [-0.1, -0.05) is 0 Å². The monoisotopic (exact) mass is 342 g/mol. The van der Waals surface area contributed by atoms with Gasteiger partial charge in [-0.15, -0.1) is 12.6 Å². The summed E-state index contributed by atoms with van der Waals surface area (Å²) in [4.78, 5) is 15.4. The number of rotatable bonds is 4. The molecule has 5 heteroatoms. The fraction of sp³-hybridized carbons (Fsp3) is 0.500. The Balaban J connectivity index is 1.91. The molecule has 3 nitrogen and oxygen atoms in total. The van der Waals surface area contributed by atoms with Gasteiger partial charge in [-0.3, -0.25) is 9.69 Å². The van der Waals surface area contributed by atoms with Crippen LogP contribution in [0.25, 0.3) is 0 Å². The number of nitrogens with one attached hydrogen (secondary N) is 1. The molecule has 1 aliphatic heterocycles. The van der Waals surface area contributed by atoms with Gasteiger partial charge in [-0.05, 0) is 67.0 Å². The van der Waals surface area contributed by atoms with Gasteiger partial charge in [0.05, 0.1) is 5.56 Å². The topological polar surface area (TPSA) is 32.3 Å². The molecule has 19 heavy (non-hydrogen) atoms. The Bertz CT molecular complexity index is 461. The molecule has 1 aromatic carbocycles. The summed E-state index contributed by atoms with van der Waals surface area (Å²) < 4.78 is 0.802. The maximum Gasteiger partial charge on any atom is 0.252 e. The maximum atomic E-state index is 12.1. The van der Waals surface area contributed by atoms with E-state index in [0.29, 0.717) is 18.2 Å². The van der Waals surface area contributed by atoms with Crippen LogP contribution in [0.2, 0.25) is 0 Å². The summed E-state index contributed by atoms with van der Waals surface area (Å²) in [7, 11) is 0. The largest absolute Gasteiger partial charge is 0.350 e. The van der Waals surface area contributed by atoms with Crippen molar-refractivity contribution in [1.29, 1.82) is 0 Å². The van der Waals surface area contributed by atoms with Crippen molar-refractivity contribution >= 4 is 34.5 Å². The van der Waals surface area contributed by atoms with Gasteiger partial charge in [-0.25, -0.2) is 0 Å². The number of amides is 1. The third kappa shape index (κ3) is 3.97. The highest BCUT2D eigenvalue weighted by atomic mass is 79.9. The van der Waals surface area contributed by atoms with Crippen LogP contribution in [0.1, 0.15) is 30.1 Å². The maximum absolute atomic E-state index is 12.1. The van der Waals surface area contributed by atoms with E-state index in [9.17, 15) is 4.79 Å². The Morgan fingerprint density at radius 3 is 2.84 bits per heavy atom. The van der Waals surface area contributed by atoms with Crippen molar-refractivity contribution in [2.45, 2.75) is 30.7 Å². The van der Waals surface area contributed by atoms with Crippen molar-refractivity contribution in [1.82, 2.24) is 10.2 Å². The molecule has 1 aliphatic rings. The summed E-state index contributed by atoms with van der Waals surface area (Å²) in [5.74, 6) is -0.0474. The lowest BCUT2D eigenvalue weighted by molar-refractivity contribution is 0.0939. The lowest BCUT2D eigenvalue weighted by atomic mass is 10.2. The molecule has 0 aromatic heterocycles. The number of hydrogen-bond donors (Lipinski definition) is 2. The highest BCUT2D eigenvalue weighted by molar-refractivity contribution is 9.10. The molecule has 1 N–H and O–H groups in total. The summed E-state index contributed by atoms with van der Waals surface area (Å²) in [6.07, 6.45) is 2.54. The molecule has 1 fully saturated rings. The van der Waals surface area contributed by atoms with Crippen molar-refractivity contribution < 1.29 is 4.79 Å². The number of likely N-dealkylation sites (tertiary alicyclic amines) is 1. The van der Waals surface area contributed by atoms with Gasteiger partial charge in [0.1, 0.15) is 0 Å². The summed E-state index contributed by atoms with van der Waals surface area (Å²) in [5.41, 5.74) is 0.640. The highest BCUT2D eigenvalue weighted by Crippen LogP contribution is 2.20. The van der Waals surface area contributed by atoms with E-state index < -0.39 is 0 Å². The lowest BCUT2D eigenvalue weighted by Crippen LogP contribution is -2.40. The zero-order valence-electron chi connectivity index (χ0n) is 11.0. The molecular weight excluding hydrogens is 324 g/mol. The zero-order chi connectivity index (χ0) is 13.8. The van der Waals surface area contributed by atoms with Gasteiger partial charge in [0.2, 0.25) is 0 Å². The minimum Gasteiger partial charge on any atom is -0.350 e. The van der Waals surface area contributed by atoms with E-state index in [1.165, 1.54) is 12.8 Å². The first-order chi connectivity index (χ1) is 9.08. The lowest BCUT2D eigenvalue weighted by Gasteiger charge is -2.23. The second kappa shape index (κ2) is 6.77. The van der Waals surface area contributed by atoms with E-state index in [2.05, 4.69) is 45.7 Å². The van der Waals surface area contributed by atoms with Crippen LogP contribution < -0.4 is 5.32 Å². The van der Waals surface area contributed by atoms with E-state index in [0.717, 1.165) is 22.5 Å². The first kappa shape index (κ1) is 14.9. The van der Waals surface area contributed by atoms with E-state index >= 15 is 0 Å². The van der Waals surface area contributed by atoms with Crippen molar-refractivity contribution in [3.8, 4) is 0 Å². The quantitative estimate of drug-likeness (QED) is 0.824. The van der Waals surface area contributed by atoms with Gasteiger partial charge in [0, 0.05) is 22.0 Å². The van der Waals surface area contributed by atoms with Gasteiger partial charge in [0.25, 0.3) is 5.91 Å². The predicted molar refractivity (Wildman–Crippen MR) is 84.0 cm³/mol. The zero-order valence-corrected chi connectivity index (χ0v) is 13.5. The van der Waals surface area contributed by atoms with Crippen molar-refractivity contribution in [3.63, 3.8) is 0 Å². The van der Waals surface area contributed by atoms with Crippen LogP contribution in [0, 0.1) is 0 Å². The molecule has 0 radical (unpaired) electrons. The minimum absolute atomic E-state index is 0.0474. The summed E-state index contributed by atoms with van der Waals surface area (Å²) in [6, 6.07) is 5.88. The van der Waals surface area contributed by atoms with Gasteiger partial charge in [-0.2, -0.15) is 0 Å². The van der Waals surface area contributed by atoms with Gasteiger partial charge >= 0.3 is 0 Å². The van der Waals surface area contributed by atoms with E-state index in [1.807, 2.05) is 12.1 Å². The highest BCUT2D eigenvalue weighted by Gasteiger charge is 2.19. The van der Waals surface area contributed by atoms with Gasteiger partial charge < -0.3 is 5.32 Å². The Morgan fingerprint density at radius 2 is 2.16 bits per heavy atom. The standard InChI is InChI=1S/C14H19BrN2OS/c1-10(17-6-2-3-7-17)9-16-14(18)12-8-11(19)4-5-13(12)15/h4-5,8,10,19H,2-3,6-7,9H2,1H3,(H,16,18). The third-order valence-electron chi connectivity index (χ3n) is 3.52. The number of thiol groups is 1. The fourth-order valence-electron chi connectivity index (χ4n) is 2.33. The van der Waals surface area contributed by atoms with E-state index in [-0.39, 0.29) is 5.91 Å². The molecule has 1 unspecified atom stereocenters. The normalized spacial score (nSPS) is 17.4. The minimum atomic E-state index is -0.0474. The number of hydrogen-bond acceptors (Lipinski definition) is 3. The second-order valence-electron chi connectivity index (χ2n) is 4.97. The molecule has 2 rings (SSSR count). The summed E-state index contributed by atoms with van der Waals surface area (Å²) in [6.45, 7) is 5.14. The third-order valence-corrected chi connectivity index (χ3v) is 4.49. The molecule has 1 aromatic rings. The van der Waals surface area contributed by atoms with Crippen LogP contribution in [0.5, 0.6) is 0 Å². The molecular formula is C14H19BrN2OS. The van der Waals surface area contributed by atoms with Crippen LogP contribution in [0.4, 0.5) is 0 Å². The van der Waals surface area contributed by atoms with Crippen LogP contribution in [-0.4, -0.2) is 36.5 Å². The van der Waals surface area contributed by atoms with E-state index in [4.69, 9.17) is 0 Å². The van der Waals surface area contributed by atoms with Crippen molar-refractivity contribution in [3.05, 3.63) is 28.2 Å². The molecule has 0 bridgehead atoms. The van der Waals surface area contributed by atoms with Crippen molar-refractivity contribution in [2.75, 3.05) is 19.6 Å². The Hall–Kier alpha value is -0.520.